The third-order valence-electron chi connectivity index (χ3n) is 3.31. The second kappa shape index (κ2) is 5.06. The number of nitrogens with one attached hydrogen (secondary N) is 1. The first kappa shape index (κ1) is 12.8. The van der Waals surface area contributed by atoms with Gasteiger partial charge in [0.15, 0.2) is 10.6 Å². The first-order valence-corrected chi connectivity index (χ1v) is 6.88. The molecule has 1 aromatic heterocycles. The van der Waals surface area contributed by atoms with Gasteiger partial charge in [-0.05, 0) is 43.3 Å². The lowest BCUT2D eigenvalue weighted by Crippen LogP contribution is -2.00. The van der Waals surface area contributed by atoms with Gasteiger partial charge in [-0.3, -0.25) is 9.67 Å². The van der Waals surface area contributed by atoms with Gasteiger partial charge in [-0.1, -0.05) is 42.5 Å². The molecule has 0 aliphatic heterocycles. The highest BCUT2D eigenvalue weighted by Crippen LogP contribution is 2.24. The summed E-state index contributed by atoms with van der Waals surface area (Å²) >= 11 is 5.40. The summed E-state index contributed by atoms with van der Waals surface area (Å²) < 4.78 is 2.60. The number of hydrogen-bond acceptors (Lipinski definition) is 2. The molecule has 0 aliphatic carbocycles. The van der Waals surface area contributed by atoms with Crippen LogP contribution in [0.2, 0.25) is 0 Å². The molecule has 3 nitrogen and oxygen atoms in total. The molecule has 0 unspecified atom stereocenters. The van der Waals surface area contributed by atoms with Gasteiger partial charge in [0, 0.05) is 5.56 Å². The molecular formula is C16H15N3S. The zero-order chi connectivity index (χ0) is 14.1. The van der Waals surface area contributed by atoms with Crippen molar-refractivity contribution in [3.8, 4) is 17.1 Å². The molecule has 0 spiro atoms. The molecule has 0 fully saturated rings. The lowest BCUT2D eigenvalue weighted by atomic mass is 10.1. The Balaban J connectivity index is 2.27. The summed E-state index contributed by atoms with van der Waals surface area (Å²) in [5.74, 6) is 0.837. The Morgan fingerprint density at radius 2 is 1.80 bits per heavy atom. The fourth-order valence-electron chi connectivity index (χ4n) is 2.26. The van der Waals surface area contributed by atoms with Gasteiger partial charge in [-0.15, -0.1) is 0 Å². The molecule has 0 aliphatic rings. The first-order chi connectivity index (χ1) is 9.66. The Bertz CT molecular complexity index is 800. The predicted octanol–water partition coefficient (Wildman–Crippen LogP) is 4.21. The number of H-pyrrole nitrogens is 1. The molecule has 3 aromatic rings. The van der Waals surface area contributed by atoms with Gasteiger partial charge in [0.1, 0.15) is 0 Å². The summed E-state index contributed by atoms with van der Waals surface area (Å²) in [6.45, 7) is 4.16. The van der Waals surface area contributed by atoms with Crippen molar-refractivity contribution in [1.82, 2.24) is 14.8 Å². The molecule has 1 heterocycles. The van der Waals surface area contributed by atoms with E-state index in [2.05, 4.69) is 42.2 Å². The quantitative estimate of drug-likeness (QED) is 0.714. The van der Waals surface area contributed by atoms with E-state index in [0.717, 1.165) is 17.1 Å². The van der Waals surface area contributed by atoms with Crippen LogP contribution in [0.25, 0.3) is 17.1 Å². The number of aryl methyl sites for hydroxylation is 2. The topological polar surface area (TPSA) is 33.6 Å². The molecule has 2 aromatic carbocycles. The lowest BCUT2D eigenvalue weighted by molar-refractivity contribution is 1.02. The Morgan fingerprint density at radius 3 is 2.55 bits per heavy atom. The van der Waals surface area contributed by atoms with E-state index >= 15 is 0 Å². The van der Waals surface area contributed by atoms with Crippen molar-refractivity contribution < 1.29 is 0 Å². The van der Waals surface area contributed by atoms with Crippen LogP contribution < -0.4 is 0 Å². The minimum Gasteiger partial charge on any atom is -0.268 e. The molecule has 100 valence electrons. The molecular weight excluding hydrogens is 266 g/mol. The number of nitrogens with zero attached hydrogens (tertiary/aromatic N) is 2. The van der Waals surface area contributed by atoms with Crippen molar-refractivity contribution in [3.05, 3.63) is 64.4 Å². The van der Waals surface area contributed by atoms with E-state index in [1.165, 1.54) is 11.1 Å². The fraction of sp³-hybridized carbons (Fsp3) is 0.125. The van der Waals surface area contributed by atoms with Gasteiger partial charge in [-0.2, -0.15) is 5.10 Å². The van der Waals surface area contributed by atoms with Crippen LogP contribution in [-0.4, -0.2) is 14.8 Å². The average molecular weight is 281 g/mol. The van der Waals surface area contributed by atoms with Crippen molar-refractivity contribution in [3.63, 3.8) is 0 Å². The smallest absolute Gasteiger partial charge is 0.200 e. The summed E-state index contributed by atoms with van der Waals surface area (Å²) in [6.07, 6.45) is 0. The lowest BCUT2D eigenvalue weighted by Gasteiger charge is -2.11. The Morgan fingerprint density at radius 1 is 1.05 bits per heavy atom. The zero-order valence-corrected chi connectivity index (χ0v) is 12.2. The van der Waals surface area contributed by atoms with E-state index in [4.69, 9.17) is 12.2 Å². The number of hydrogen-bond donors (Lipinski definition) is 1. The second-order valence-corrected chi connectivity index (χ2v) is 5.23. The summed E-state index contributed by atoms with van der Waals surface area (Å²) in [6, 6.07) is 16.4. The van der Waals surface area contributed by atoms with Gasteiger partial charge >= 0.3 is 0 Å². The van der Waals surface area contributed by atoms with Crippen LogP contribution in [0.3, 0.4) is 0 Å². The Hall–Kier alpha value is -2.20. The Kier molecular flexibility index (Phi) is 3.24. The summed E-state index contributed by atoms with van der Waals surface area (Å²) in [4.78, 5) is 0. The Labute approximate surface area is 122 Å². The SMILES string of the molecule is Cc1ccc(C)c(-n2c(-c3ccccc3)n[nH]c2=S)c1. The van der Waals surface area contributed by atoms with Crippen molar-refractivity contribution in [2.45, 2.75) is 13.8 Å². The molecule has 0 bridgehead atoms. The van der Waals surface area contributed by atoms with E-state index in [1.807, 2.05) is 34.9 Å². The second-order valence-electron chi connectivity index (χ2n) is 4.84. The highest BCUT2D eigenvalue weighted by Gasteiger charge is 2.12. The molecule has 0 amide bonds. The monoisotopic (exact) mass is 281 g/mol. The first-order valence-electron chi connectivity index (χ1n) is 6.47. The van der Waals surface area contributed by atoms with E-state index in [9.17, 15) is 0 Å². The van der Waals surface area contributed by atoms with E-state index in [0.29, 0.717) is 4.77 Å². The van der Waals surface area contributed by atoms with Gasteiger partial charge in [0.05, 0.1) is 5.69 Å². The summed E-state index contributed by atoms with van der Waals surface area (Å²) in [5, 5.41) is 7.28. The van der Waals surface area contributed by atoms with E-state index in [1.54, 1.807) is 0 Å². The van der Waals surface area contributed by atoms with Gasteiger partial charge in [0.2, 0.25) is 0 Å². The van der Waals surface area contributed by atoms with E-state index < -0.39 is 0 Å². The minimum absolute atomic E-state index is 0.609. The van der Waals surface area contributed by atoms with Crippen LogP contribution in [0.1, 0.15) is 11.1 Å². The number of benzene rings is 2. The van der Waals surface area contributed by atoms with Gasteiger partial charge in [0.25, 0.3) is 0 Å². The zero-order valence-electron chi connectivity index (χ0n) is 11.4. The molecule has 20 heavy (non-hydrogen) atoms. The average Bonchev–Trinajstić information content (AvgIpc) is 2.84. The van der Waals surface area contributed by atoms with Crippen LogP contribution in [-0.2, 0) is 0 Å². The fourth-order valence-corrected chi connectivity index (χ4v) is 2.49. The number of aromatic nitrogens is 3. The number of aromatic amines is 1. The minimum atomic E-state index is 0.609. The third-order valence-corrected chi connectivity index (χ3v) is 3.58. The maximum Gasteiger partial charge on any atom is 0.200 e. The van der Waals surface area contributed by atoms with Crippen LogP contribution in [0, 0.1) is 18.6 Å². The highest BCUT2D eigenvalue weighted by atomic mass is 32.1. The highest BCUT2D eigenvalue weighted by molar-refractivity contribution is 7.71. The standard InChI is InChI=1S/C16H15N3S/c1-11-8-9-12(2)14(10-11)19-15(17-18-16(19)20)13-6-4-3-5-7-13/h3-10H,1-2H3,(H,18,20). The summed E-state index contributed by atoms with van der Waals surface area (Å²) in [7, 11) is 0. The van der Waals surface area contributed by atoms with Gasteiger partial charge < -0.3 is 0 Å². The normalized spacial score (nSPS) is 10.7. The maximum atomic E-state index is 5.40. The van der Waals surface area contributed by atoms with E-state index in [-0.39, 0.29) is 0 Å². The molecule has 1 N–H and O–H groups in total. The third kappa shape index (κ3) is 2.18. The predicted molar refractivity (Wildman–Crippen MR) is 83.7 cm³/mol. The van der Waals surface area contributed by atoms with Crippen LogP contribution in [0.15, 0.2) is 48.5 Å². The van der Waals surface area contributed by atoms with Gasteiger partial charge in [-0.25, -0.2) is 0 Å². The molecule has 3 rings (SSSR count). The largest absolute Gasteiger partial charge is 0.268 e. The molecule has 0 atom stereocenters. The molecule has 0 radical (unpaired) electrons. The number of rotatable bonds is 2. The molecule has 0 saturated carbocycles. The van der Waals surface area contributed by atoms with Crippen LogP contribution in [0.4, 0.5) is 0 Å². The summed E-state index contributed by atoms with van der Waals surface area (Å²) in [5.41, 5.74) is 4.49. The van der Waals surface area contributed by atoms with Crippen molar-refractivity contribution >= 4 is 12.2 Å². The molecule has 4 heteroatoms. The molecule has 0 saturated heterocycles. The van der Waals surface area contributed by atoms with Crippen molar-refractivity contribution in [2.24, 2.45) is 0 Å². The van der Waals surface area contributed by atoms with Crippen LogP contribution >= 0.6 is 12.2 Å². The van der Waals surface area contributed by atoms with Crippen molar-refractivity contribution in [2.75, 3.05) is 0 Å². The maximum absolute atomic E-state index is 5.40. The van der Waals surface area contributed by atoms with Crippen LogP contribution in [0.5, 0.6) is 0 Å². The van der Waals surface area contributed by atoms with Crippen molar-refractivity contribution in [1.29, 1.82) is 0 Å².